The second kappa shape index (κ2) is 10.1. The van der Waals surface area contributed by atoms with Crippen molar-refractivity contribution in [3.63, 3.8) is 0 Å². The average molecular weight is 413 g/mol. The number of para-hydroxylation sites is 1. The molecule has 1 amide bonds. The molecular formula is C23H25ClN2O3. The molecule has 29 heavy (non-hydrogen) atoms. The fourth-order valence-corrected chi connectivity index (χ4v) is 3.73. The predicted molar refractivity (Wildman–Crippen MR) is 116 cm³/mol. The Bertz CT molecular complexity index is 887. The first kappa shape index (κ1) is 20.9. The van der Waals surface area contributed by atoms with Crippen LogP contribution in [0, 0.1) is 5.92 Å². The fourth-order valence-electron chi connectivity index (χ4n) is 3.55. The van der Waals surface area contributed by atoms with Crippen LogP contribution in [0.15, 0.2) is 54.2 Å². The van der Waals surface area contributed by atoms with Gasteiger partial charge in [-0.05, 0) is 48.2 Å². The first-order valence-electron chi connectivity index (χ1n) is 9.88. The van der Waals surface area contributed by atoms with Crippen molar-refractivity contribution in [1.29, 1.82) is 0 Å². The van der Waals surface area contributed by atoms with Gasteiger partial charge in [-0.15, -0.1) is 0 Å². The molecule has 1 saturated carbocycles. The fraction of sp³-hybridized carbons (Fsp3) is 0.304. The standard InChI is InChI=1S/C23H25ClN2O3/c24-19-7-3-4-8-20(19)25-18-12-9-17(10-13-18)15-21(23(28)29)26-22(27)14-11-16-5-1-2-6-16/h3-4,7-10,12-13,15-16,25H,1-2,5-6,11,14H2,(H,26,27)(H,28,29)/b21-15-. The van der Waals surface area contributed by atoms with E-state index in [1.54, 1.807) is 18.2 Å². The first-order chi connectivity index (χ1) is 14.0. The molecule has 0 unspecified atom stereocenters. The minimum atomic E-state index is -1.16. The van der Waals surface area contributed by atoms with Crippen LogP contribution in [0.1, 0.15) is 44.1 Å². The number of benzene rings is 2. The highest BCUT2D eigenvalue weighted by Crippen LogP contribution is 2.28. The zero-order valence-electron chi connectivity index (χ0n) is 16.2. The van der Waals surface area contributed by atoms with Crippen LogP contribution in [0.5, 0.6) is 0 Å². The molecule has 0 heterocycles. The Balaban J connectivity index is 1.61. The Hall–Kier alpha value is -2.79. The van der Waals surface area contributed by atoms with Gasteiger partial charge < -0.3 is 15.7 Å². The smallest absolute Gasteiger partial charge is 0.352 e. The monoisotopic (exact) mass is 412 g/mol. The van der Waals surface area contributed by atoms with Crippen molar-refractivity contribution in [1.82, 2.24) is 5.32 Å². The summed E-state index contributed by atoms with van der Waals surface area (Å²) in [6.07, 6.45) is 7.45. The molecule has 2 aromatic carbocycles. The van der Waals surface area contributed by atoms with E-state index in [-0.39, 0.29) is 11.6 Å². The van der Waals surface area contributed by atoms with Crippen molar-refractivity contribution in [2.24, 2.45) is 5.92 Å². The van der Waals surface area contributed by atoms with Gasteiger partial charge in [0.15, 0.2) is 0 Å². The molecule has 5 nitrogen and oxygen atoms in total. The van der Waals surface area contributed by atoms with Gasteiger partial charge in [0.25, 0.3) is 0 Å². The van der Waals surface area contributed by atoms with E-state index in [4.69, 9.17) is 11.6 Å². The van der Waals surface area contributed by atoms with E-state index in [1.807, 2.05) is 30.3 Å². The maximum atomic E-state index is 12.2. The number of anilines is 2. The van der Waals surface area contributed by atoms with Crippen LogP contribution in [-0.2, 0) is 9.59 Å². The summed E-state index contributed by atoms with van der Waals surface area (Å²) < 4.78 is 0. The minimum Gasteiger partial charge on any atom is -0.477 e. The molecule has 0 atom stereocenters. The maximum absolute atomic E-state index is 12.2. The van der Waals surface area contributed by atoms with E-state index in [2.05, 4.69) is 10.6 Å². The summed E-state index contributed by atoms with van der Waals surface area (Å²) in [6, 6.07) is 14.7. The van der Waals surface area contributed by atoms with Crippen LogP contribution in [0.2, 0.25) is 5.02 Å². The van der Waals surface area contributed by atoms with Crippen LogP contribution < -0.4 is 10.6 Å². The van der Waals surface area contributed by atoms with Gasteiger partial charge in [-0.25, -0.2) is 4.79 Å². The number of hydrogen-bond acceptors (Lipinski definition) is 3. The molecule has 3 rings (SSSR count). The SMILES string of the molecule is O=C(CCC1CCCC1)N/C(=C\c1ccc(Nc2ccccc2Cl)cc1)C(=O)O. The van der Waals surface area contributed by atoms with Gasteiger partial charge in [-0.3, -0.25) is 4.79 Å². The number of nitrogens with one attached hydrogen (secondary N) is 2. The van der Waals surface area contributed by atoms with Crippen LogP contribution in [-0.4, -0.2) is 17.0 Å². The molecular weight excluding hydrogens is 388 g/mol. The molecule has 0 saturated heterocycles. The summed E-state index contributed by atoms with van der Waals surface area (Å²) in [4.78, 5) is 23.7. The lowest BCUT2D eigenvalue weighted by atomic mass is 10.0. The van der Waals surface area contributed by atoms with Crippen molar-refractivity contribution in [2.75, 3.05) is 5.32 Å². The van der Waals surface area contributed by atoms with Gasteiger partial charge in [-0.2, -0.15) is 0 Å². The van der Waals surface area contributed by atoms with Crippen LogP contribution in [0.4, 0.5) is 11.4 Å². The van der Waals surface area contributed by atoms with Gasteiger partial charge in [0.1, 0.15) is 5.70 Å². The van der Waals surface area contributed by atoms with Gasteiger partial charge in [-0.1, -0.05) is 61.5 Å². The number of carboxylic acid groups (broad SMARTS) is 1. The third-order valence-corrected chi connectivity index (χ3v) is 5.46. The summed E-state index contributed by atoms with van der Waals surface area (Å²) >= 11 is 6.15. The van der Waals surface area contributed by atoms with Crippen molar-refractivity contribution < 1.29 is 14.7 Å². The Labute approximate surface area is 175 Å². The molecule has 2 aromatic rings. The summed E-state index contributed by atoms with van der Waals surface area (Å²) in [5, 5.41) is 15.8. The highest BCUT2D eigenvalue weighted by Gasteiger charge is 2.17. The van der Waals surface area contributed by atoms with Crippen molar-refractivity contribution in [3.8, 4) is 0 Å². The number of amides is 1. The number of carbonyl (C=O) groups is 2. The Morgan fingerprint density at radius 2 is 1.76 bits per heavy atom. The highest BCUT2D eigenvalue weighted by molar-refractivity contribution is 6.33. The third-order valence-electron chi connectivity index (χ3n) is 5.13. The number of aliphatic carboxylic acids is 1. The number of halogens is 1. The molecule has 152 valence electrons. The Kier molecular flexibility index (Phi) is 7.30. The topological polar surface area (TPSA) is 78.4 Å². The van der Waals surface area contributed by atoms with E-state index < -0.39 is 5.97 Å². The van der Waals surface area contributed by atoms with E-state index in [1.165, 1.54) is 31.8 Å². The molecule has 0 spiro atoms. The molecule has 0 radical (unpaired) electrons. The summed E-state index contributed by atoms with van der Waals surface area (Å²) in [7, 11) is 0. The van der Waals surface area contributed by atoms with E-state index >= 15 is 0 Å². The van der Waals surface area contributed by atoms with Crippen LogP contribution >= 0.6 is 11.6 Å². The third kappa shape index (κ3) is 6.36. The molecule has 3 N–H and O–H groups in total. The Morgan fingerprint density at radius 1 is 1.07 bits per heavy atom. The average Bonchev–Trinajstić information content (AvgIpc) is 3.23. The normalized spacial score (nSPS) is 14.6. The van der Waals surface area contributed by atoms with Gasteiger partial charge in [0, 0.05) is 12.1 Å². The minimum absolute atomic E-state index is 0.117. The highest BCUT2D eigenvalue weighted by atomic mass is 35.5. The maximum Gasteiger partial charge on any atom is 0.352 e. The van der Waals surface area contributed by atoms with Crippen molar-refractivity contribution in [2.45, 2.75) is 38.5 Å². The van der Waals surface area contributed by atoms with Gasteiger partial charge in [0.2, 0.25) is 5.91 Å². The molecule has 1 fully saturated rings. The molecule has 1 aliphatic rings. The number of rotatable bonds is 8. The number of hydrogen-bond donors (Lipinski definition) is 3. The summed E-state index contributed by atoms with van der Waals surface area (Å²) in [5.74, 6) is -0.809. The lowest BCUT2D eigenvalue weighted by Gasteiger charge is -2.10. The zero-order valence-corrected chi connectivity index (χ0v) is 16.9. The van der Waals surface area contributed by atoms with Crippen molar-refractivity contribution >= 4 is 40.9 Å². The van der Waals surface area contributed by atoms with E-state index in [0.717, 1.165) is 17.8 Å². The zero-order chi connectivity index (χ0) is 20.6. The van der Waals surface area contributed by atoms with Crippen LogP contribution in [0.3, 0.4) is 0 Å². The second-order valence-corrected chi connectivity index (χ2v) is 7.73. The molecule has 0 aromatic heterocycles. The number of carbonyl (C=O) groups excluding carboxylic acids is 1. The van der Waals surface area contributed by atoms with E-state index in [9.17, 15) is 14.7 Å². The quantitative estimate of drug-likeness (QED) is 0.493. The molecule has 1 aliphatic carbocycles. The lowest BCUT2D eigenvalue weighted by Crippen LogP contribution is -2.27. The van der Waals surface area contributed by atoms with Gasteiger partial charge >= 0.3 is 5.97 Å². The lowest BCUT2D eigenvalue weighted by molar-refractivity contribution is -0.134. The van der Waals surface area contributed by atoms with Crippen LogP contribution in [0.25, 0.3) is 6.08 Å². The molecule has 0 aliphatic heterocycles. The molecule has 0 bridgehead atoms. The molecule has 6 heteroatoms. The first-order valence-corrected chi connectivity index (χ1v) is 10.3. The van der Waals surface area contributed by atoms with Gasteiger partial charge in [0.05, 0.1) is 10.7 Å². The predicted octanol–water partition coefficient (Wildman–Crippen LogP) is 5.60. The number of carboxylic acids is 1. The largest absolute Gasteiger partial charge is 0.477 e. The van der Waals surface area contributed by atoms with Crippen molar-refractivity contribution in [3.05, 3.63) is 64.8 Å². The second-order valence-electron chi connectivity index (χ2n) is 7.33. The van der Waals surface area contributed by atoms with E-state index in [0.29, 0.717) is 22.9 Å². The summed E-state index contributed by atoms with van der Waals surface area (Å²) in [6.45, 7) is 0. The Morgan fingerprint density at radius 3 is 2.41 bits per heavy atom. The summed E-state index contributed by atoms with van der Waals surface area (Å²) in [5.41, 5.74) is 2.18.